The highest BCUT2D eigenvalue weighted by atomic mass is 16.3. The van der Waals surface area contributed by atoms with Gasteiger partial charge in [0.1, 0.15) is 5.75 Å². The molecule has 1 aliphatic rings. The SMILES string of the molecule is Oc1c(-c2ccccc2)cc(C2CCCCCC2)cc1-c1ccccc1. The van der Waals surface area contributed by atoms with Crippen LogP contribution in [0.3, 0.4) is 0 Å². The first-order chi connectivity index (χ1) is 12.8. The third-order valence-electron chi connectivity index (χ3n) is 5.63. The molecule has 0 heterocycles. The molecule has 1 fully saturated rings. The summed E-state index contributed by atoms with van der Waals surface area (Å²) >= 11 is 0. The smallest absolute Gasteiger partial charge is 0.131 e. The normalized spacial score (nSPS) is 15.5. The summed E-state index contributed by atoms with van der Waals surface area (Å²) in [5.41, 5.74) is 5.44. The summed E-state index contributed by atoms with van der Waals surface area (Å²) in [5.74, 6) is 0.989. The highest BCUT2D eigenvalue weighted by Gasteiger charge is 2.19. The fourth-order valence-corrected chi connectivity index (χ4v) is 4.18. The molecule has 1 aliphatic carbocycles. The molecule has 3 aromatic rings. The van der Waals surface area contributed by atoms with E-state index in [0.29, 0.717) is 11.7 Å². The Labute approximate surface area is 156 Å². The lowest BCUT2D eigenvalue weighted by Gasteiger charge is -2.19. The number of aromatic hydroxyl groups is 1. The summed E-state index contributed by atoms with van der Waals surface area (Å²) in [5, 5.41) is 11.1. The molecule has 0 amide bonds. The Kier molecular flexibility index (Phi) is 5.06. The van der Waals surface area contributed by atoms with Crippen LogP contribution in [0.15, 0.2) is 72.8 Å². The lowest BCUT2D eigenvalue weighted by molar-refractivity contribution is 0.478. The van der Waals surface area contributed by atoms with Gasteiger partial charge >= 0.3 is 0 Å². The highest BCUT2D eigenvalue weighted by Crippen LogP contribution is 2.43. The summed E-state index contributed by atoms with van der Waals surface area (Å²) in [6.45, 7) is 0. The van der Waals surface area contributed by atoms with Crippen LogP contribution in [0.25, 0.3) is 22.3 Å². The van der Waals surface area contributed by atoms with Crippen LogP contribution in [-0.2, 0) is 0 Å². The van der Waals surface area contributed by atoms with Gasteiger partial charge in [-0.3, -0.25) is 0 Å². The fourth-order valence-electron chi connectivity index (χ4n) is 4.18. The van der Waals surface area contributed by atoms with Gasteiger partial charge in [0.25, 0.3) is 0 Å². The van der Waals surface area contributed by atoms with Gasteiger partial charge in [0.2, 0.25) is 0 Å². The van der Waals surface area contributed by atoms with Crippen LogP contribution in [0, 0.1) is 0 Å². The predicted molar refractivity (Wildman–Crippen MR) is 109 cm³/mol. The minimum absolute atomic E-state index is 0.389. The second-order valence-corrected chi connectivity index (χ2v) is 7.39. The van der Waals surface area contributed by atoms with Crippen molar-refractivity contribution >= 4 is 0 Å². The maximum atomic E-state index is 11.1. The maximum Gasteiger partial charge on any atom is 0.131 e. The van der Waals surface area contributed by atoms with E-state index in [-0.39, 0.29) is 0 Å². The molecule has 4 rings (SSSR count). The number of rotatable bonds is 3. The quantitative estimate of drug-likeness (QED) is 0.500. The average molecular weight is 342 g/mol. The Hall–Kier alpha value is -2.54. The molecule has 0 aromatic heterocycles. The van der Waals surface area contributed by atoms with Crippen molar-refractivity contribution in [1.29, 1.82) is 0 Å². The van der Waals surface area contributed by atoms with Crippen molar-refractivity contribution in [1.82, 2.24) is 0 Å². The number of hydrogen-bond donors (Lipinski definition) is 1. The van der Waals surface area contributed by atoms with Gasteiger partial charge in [-0.05, 0) is 47.6 Å². The van der Waals surface area contributed by atoms with Gasteiger partial charge in [0.15, 0.2) is 0 Å². The first-order valence-electron chi connectivity index (χ1n) is 9.80. The second-order valence-electron chi connectivity index (χ2n) is 7.39. The van der Waals surface area contributed by atoms with E-state index in [1.165, 1.54) is 44.1 Å². The summed E-state index contributed by atoms with van der Waals surface area (Å²) in [7, 11) is 0. The van der Waals surface area contributed by atoms with Crippen LogP contribution in [-0.4, -0.2) is 5.11 Å². The van der Waals surface area contributed by atoms with Gasteiger partial charge in [-0.1, -0.05) is 86.3 Å². The van der Waals surface area contributed by atoms with Gasteiger partial charge in [0, 0.05) is 11.1 Å². The molecule has 0 atom stereocenters. The number of hydrogen-bond acceptors (Lipinski definition) is 1. The van der Waals surface area contributed by atoms with Crippen molar-refractivity contribution in [2.75, 3.05) is 0 Å². The third-order valence-corrected chi connectivity index (χ3v) is 5.63. The minimum Gasteiger partial charge on any atom is -0.507 e. The van der Waals surface area contributed by atoms with Crippen molar-refractivity contribution in [3.8, 4) is 28.0 Å². The van der Waals surface area contributed by atoms with Crippen LogP contribution in [0.5, 0.6) is 5.75 Å². The Morgan fingerprint density at radius 1 is 0.615 bits per heavy atom. The van der Waals surface area contributed by atoms with Crippen molar-refractivity contribution in [2.45, 2.75) is 44.4 Å². The summed E-state index contributed by atoms with van der Waals surface area (Å²) in [6, 6.07) is 25.0. The van der Waals surface area contributed by atoms with Crippen LogP contribution < -0.4 is 0 Å². The van der Waals surface area contributed by atoms with Crippen LogP contribution in [0.4, 0.5) is 0 Å². The van der Waals surface area contributed by atoms with Crippen molar-refractivity contribution in [3.05, 3.63) is 78.4 Å². The van der Waals surface area contributed by atoms with Crippen LogP contribution in [0.2, 0.25) is 0 Å². The molecule has 1 heteroatoms. The fraction of sp³-hybridized carbons (Fsp3) is 0.280. The summed E-state index contributed by atoms with van der Waals surface area (Å²) in [4.78, 5) is 0. The number of phenols is 1. The van der Waals surface area contributed by atoms with E-state index in [9.17, 15) is 5.11 Å². The Bertz CT molecular complexity index is 783. The zero-order valence-electron chi connectivity index (χ0n) is 15.2. The maximum absolute atomic E-state index is 11.1. The molecule has 1 saturated carbocycles. The Morgan fingerprint density at radius 3 is 1.54 bits per heavy atom. The van der Waals surface area contributed by atoms with Gasteiger partial charge in [-0.15, -0.1) is 0 Å². The van der Waals surface area contributed by atoms with E-state index in [1.54, 1.807) is 0 Å². The molecule has 1 nitrogen and oxygen atoms in total. The van der Waals surface area contributed by atoms with Gasteiger partial charge < -0.3 is 5.11 Å². The minimum atomic E-state index is 0.389. The monoisotopic (exact) mass is 342 g/mol. The first kappa shape index (κ1) is 16.9. The molecule has 0 aliphatic heterocycles. The first-order valence-corrected chi connectivity index (χ1v) is 9.80. The zero-order chi connectivity index (χ0) is 17.8. The molecule has 0 saturated heterocycles. The molecule has 0 radical (unpaired) electrons. The summed E-state index contributed by atoms with van der Waals surface area (Å²) < 4.78 is 0. The Morgan fingerprint density at radius 2 is 1.08 bits per heavy atom. The van der Waals surface area contributed by atoms with E-state index >= 15 is 0 Å². The van der Waals surface area contributed by atoms with Gasteiger partial charge in [-0.2, -0.15) is 0 Å². The predicted octanol–water partition coefficient (Wildman–Crippen LogP) is 7.16. The van der Waals surface area contributed by atoms with E-state index in [2.05, 4.69) is 36.4 Å². The second kappa shape index (κ2) is 7.78. The topological polar surface area (TPSA) is 20.2 Å². The number of phenolic OH excluding ortho intramolecular Hbond substituents is 1. The molecule has 26 heavy (non-hydrogen) atoms. The highest BCUT2D eigenvalue weighted by molar-refractivity contribution is 5.83. The Balaban J connectivity index is 1.86. The molecule has 0 spiro atoms. The molecule has 132 valence electrons. The third kappa shape index (κ3) is 3.53. The molecular weight excluding hydrogens is 316 g/mol. The van der Waals surface area contributed by atoms with Crippen molar-refractivity contribution in [2.24, 2.45) is 0 Å². The van der Waals surface area contributed by atoms with E-state index in [0.717, 1.165) is 22.3 Å². The lowest BCUT2D eigenvalue weighted by atomic mass is 9.86. The van der Waals surface area contributed by atoms with Crippen molar-refractivity contribution in [3.63, 3.8) is 0 Å². The molecule has 0 bridgehead atoms. The van der Waals surface area contributed by atoms with Crippen molar-refractivity contribution < 1.29 is 5.11 Å². The van der Waals surface area contributed by atoms with Gasteiger partial charge in [0.05, 0.1) is 0 Å². The zero-order valence-corrected chi connectivity index (χ0v) is 15.2. The van der Waals surface area contributed by atoms with E-state index in [1.807, 2.05) is 36.4 Å². The summed E-state index contributed by atoms with van der Waals surface area (Å²) in [6.07, 6.45) is 7.84. The van der Waals surface area contributed by atoms with E-state index < -0.39 is 0 Å². The number of benzene rings is 3. The van der Waals surface area contributed by atoms with Crippen LogP contribution >= 0.6 is 0 Å². The molecular formula is C25H26O. The van der Waals surface area contributed by atoms with Gasteiger partial charge in [-0.25, -0.2) is 0 Å². The lowest BCUT2D eigenvalue weighted by Crippen LogP contribution is -1.99. The largest absolute Gasteiger partial charge is 0.507 e. The van der Waals surface area contributed by atoms with Crippen LogP contribution in [0.1, 0.15) is 50.0 Å². The average Bonchev–Trinajstić information content (AvgIpc) is 2.99. The standard InChI is InChI=1S/C25H26O/c26-25-23(20-13-7-3-8-14-20)17-22(19-11-5-1-2-6-12-19)18-24(25)21-15-9-4-10-16-21/h3-4,7-10,13-19,26H,1-2,5-6,11-12H2. The van der Waals surface area contributed by atoms with E-state index in [4.69, 9.17) is 0 Å². The molecule has 1 N–H and O–H groups in total. The molecule has 3 aromatic carbocycles. The molecule has 0 unspecified atom stereocenters.